The molecule has 4 unspecified atom stereocenters. The van der Waals surface area contributed by atoms with Gasteiger partial charge < -0.3 is 4.18 Å². The van der Waals surface area contributed by atoms with E-state index in [1.807, 2.05) is 12.1 Å². The van der Waals surface area contributed by atoms with Crippen molar-refractivity contribution < 1.29 is 25.2 Å². The molecule has 0 bridgehead atoms. The summed E-state index contributed by atoms with van der Waals surface area (Å²) in [6.45, 7) is 6.24. The van der Waals surface area contributed by atoms with E-state index < -0.39 is 26.7 Å². The van der Waals surface area contributed by atoms with E-state index in [2.05, 4.69) is 13.5 Å². The first kappa shape index (κ1) is 22.7. The van der Waals surface area contributed by atoms with Crippen LogP contribution in [0.1, 0.15) is 56.6 Å². The Bertz CT molecular complexity index is 1100. The van der Waals surface area contributed by atoms with Crippen molar-refractivity contribution in [3.63, 3.8) is 0 Å². The predicted octanol–water partition coefficient (Wildman–Crippen LogP) is 2.44. The Morgan fingerprint density at radius 2 is 1.90 bits per heavy atom. The van der Waals surface area contributed by atoms with Crippen molar-refractivity contribution in [3.8, 4) is 5.75 Å². The molecule has 10 heteroatoms. The average molecular weight is 471 g/mol. The molecular formula is C21H30N2O6S2. The molecule has 31 heavy (non-hydrogen) atoms. The Labute approximate surface area is 184 Å². The maximum Gasteiger partial charge on any atom is 0.380 e. The minimum Gasteiger partial charge on any atom is -0.371 e. The van der Waals surface area contributed by atoms with Gasteiger partial charge in [0.05, 0.1) is 6.10 Å². The van der Waals surface area contributed by atoms with Crippen LogP contribution in [-0.2, 0) is 36.6 Å². The molecule has 8 nitrogen and oxygen atoms in total. The maximum atomic E-state index is 11.5. The topological polar surface area (TPSA) is 139 Å². The second-order valence-electron chi connectivity index (χ2n) is 9.60. The third kappa shape index (κ3) is 4.28. The third-order valence-electron chi connectivity index (χ3n) is 7.77. The van der Waals surface area contributed by atoms with Gasteiger partial charge in [-0.05, 0) is 85.5 Å². The molecule has 3 aliphatic carbocycles. The summed E-state index contributed by atoms with van der Waals surface area (Å²) in [5.74, 6) is 0.869. The molecular weight excluding hydrogens is 440 g/mol. The molecule has 0 saturated heterocycles. The fraction of sp³-hybridized carbons (Fsp3) is 0.619. The standard InChI is InChI=1S/C21H30N2O6S2/c1-3-8-21-10-9-20(2)13-16(29-31(23,26)27)12-19(20)18(21)6-4-14-11-15(5-7-17(14)21)28-30(22,24)25/h3,5,7,11,16,18-19H,1,4,6,8-10,12-13H2,2H3,(H2,22,24,25)(H2,23,26,27)/t16?,18?,19?,20-,21?/m1/s1. The van der Waals surface area contributed by atoms with Crippen molar-refractivity contribution in [2.75, 3.05) is 0 Å². The molecule has 0 aromatic heterocycles. The summed E-state index contributed by atoms with van der Waals surface area (Å²) in [5.41, 5.74) is 2.14. The highest BCUT2D eigenvalue weighted by atomic mass is 32.2. The van der Waals surface area contributed by atoms with Gasteiger partial charge >= 0.3 is 20.6 Å². The first-order chi connectivity index (χ1) is 14.4. The predicted molar refractivity (Wildman–Crippen MR) is 117 cm³/mol. The normalized spacial score (nSPS) is 35.0. The lowest BCUT2D eigenvalue weighted by atomic mass is 9.48. The number of benzene rings is 1. The number of aryl methyl sites for hydroxylation is 1. The van der Waals surface area contributed by atoms with Gasteiger partial charge in [-0.1, -0.05) is 19.1 Å². The molecule has 1 aromatic carbocycles. The summed E-state index contributed by atoms with van der Waals surface area (Å²) in [4.78, 5) is 0. The summed E-state index contributed by atoms with van der Waals surface area (Å²) in [5, 5.41) is 10.2. The summed E-state index contributed by atoms with van der Waals surface area (Å²) < 4.78 is 55.8. The Morgan fingerprint density at radius 3 is 2.55 bits per heavy atom. The molecule has 4 N–H and O–H groups in total. The number of hydrogen-bond donors (Lipinski definition) is 2. The van der Waals surface area contributed by atoms with Gasteiger partial charge in [-0.15, -0.1) is 6.58 Å². The van der Waals surface area contributed by atoms with Crippen LogP contribution in [0.15, 0.2) is 30.9 Å². The van der Waals surface area contributed by atoms with Gasteiger partial charge in [-0.25, -0.2) is 5.14 Å². The van der Waals surface area contributed by atoms with Crippen molar-refractivity contribution in [1.29, 1.82) is 0 Å². The van der Waals surface area contributed by atoms with Crippen LogP contribution in [0.2, 0.25) is 0 Å². The molecule has 3 aliphatic rings. The lowest BCUT2D eigenvalue weighted by molar-refractivity contribution is 0.00646. The number of fused-ring (bicyclic) bond motifs is 5. The van der Waals surface area contributed by atoms with Gasteiger partial charge in [0.1, 0.15) is 5.75 Å². The summed E-state index contributed by atoms with van der Waals surface area (Å²) in [6.07, 6.45) is 7.30. The minimum atomic E-state index is -4.08. The van der Waals surface area contributed by atoms with E-state index in [1.54, 1.807) is 12.1 Å². The van der Waals surface area contributed by atoms with Gasteiger partial charge in [-0.3, -0.25) is 4.18 Å². The van der Waals surface area contributed by atoms with Gasteiger partial charge in [0.15, 0.2) is 0 Å². The zero-order valence-electron chi connectivity index (χ0n) is 17.6. The van der Waals surface area contributed by atoms with Crippen molar-refractivity contribution in [3.05, 3.63) is 42.0 Å². The Hall–Kier alpha value is -1.46. The molecule has 0 heterocycles. The van der Waals surface area contributed by atoms with Gasteiger partial charge in [0, 0.05) is 5.41 Å². The lowest BCUT2D eigenvalue weighted by Gasteiger charge is -2.56. The van der Waals surface area contributed by atoms with Gasteiger partial charge in [-0.2, -0.15) is 22.0 Å². The van der Waals surface area contributed by atoms with Crippen LogP contribution in [0.25, 0.3) is 0 Å². The number of nitrogens with two attached hydrogens (primary N) is 2. The Kier molecular flexibility index (Phi) is 5.54. The average Bonchev–Trinajstić information content (AvgIpc) is 2.94. The summed E-state index contributed by atoms with van der Waals surface area (Å²) in [6, 6.07) is 5.39. The summed E-state index contributed by atoms with van der Waals surface area (Å²) >= 11 is 0. The maximum absolute atomic E-state index is 11.5. The fourth-order valence-electron chi connectivity index (χ4n) is 6.79. The monoisotopic (exact) mass is 470 g/mol. The van der Waals surface area contributed by atoms with Gasteiger partial charge in [0.25, 0.3) is 0 Å². The quantitative estimate of drug-likeness (QED) is 0.612. The molecule has 172 valence electrons. The highest BCUT2D eigenvalue weighted by molar-refractivity contribution is 7.84. The number of hydrogen-bond acceptors (Lipinski definition) is 6. The highest BCUT2D eigenvalue weighted by Gasteiger charge is 2.59. The smallest absolute Gasteiger partial charge is 0.371 e. The third-order valence-corrected chi connectivity index (χ3v) is 8.74. The Morgan fingerprint density at radius 1 is 1.16 bits per heavy atom. The first-order valence-electron chi connectivity index (χ1n) is 10.5. The van der Waals surface area contributed by atoms with Crippen molar-refractivity contribution in [2.24, 2.45) is 27.5 Å². The Balaban J connectivity index is 1.70. The summed E-state index contributed by atoms with van der Waals surface area (Å²) in [7, 11) is -8.07. The van der Waals surface area contributed by atoms with Crippen LogP contribution in [-0.4, -0.2) is 22.9 Å². The van der Waals surface area contributed by atoms with E-state index in [9.17, 15) is 16.8 Å². The second kappa shape index (κ2) is 7.55. The van der Waals surface area contributed by atoms with E-state index in [4.69, 9.17) is 18.6 Å². The minimum absolute atomic E-state index is 0.00111. The van der Waals surface area contributed by atoms with E-state index >= 15 is 0 Å². The second-order valence-corrected chi connectivity index (χ2v) is 11.9. The largest absolute Gasteiger partial charge is 0.380 e. The van der Waals surface area contributed by atoms with Crippen LogP contribution < -0.4 is 14.5 Å². The molecule has 0 spiro atoms. The van der Waals surface area contributed by atoms with E-state index in [1.165, 1.54) is 5.56 Å². The number of rotatable bonds is 6. The van der Waals surface area contributed by atoms with Crippen LogP contribution in [0.3, 0.4) is 0 Å². The van der Waals surface area contributed by atoms with Crippen LogP contribution in [0.4, 0.5) is 0 Å². The van der Waals surface area contributed by atoms with Crippen molar-refractivity contribution >= 4 is 20.6 Å². The van der Waals surface area contributed by atoms with Gasteiger partial charge in [0.2, 0.25) is 0 Å². The number of allylic oxidation sites excluding steroid dienone is 1. The molecule has 0 aliphatic heterocycles. The van der Waals surface area contributed by atoms with E-state index in [-0.39, 0.29) is 16.6 Å². The zero-order chi connectivity index (χ0) is 22.7. The van der Waals surface area contributed by atoms with Crippen molar-refractivity contribution in [1.82, 2.24) is 0 Å². The van der Waals surface area contributed by atoms with Crippen LogP contribution in [0.5, 0.6) is 5.75 Å². The molecule has 1 aromatic rings. The first-order valence-corrected chi connectivity index (χ1v) is 13.5. The zero-order valence-corrected chi connectivity index (χ0v) is 19.3. The van der Waals surface area contributed by atoms with Crippen LogP contribution >= 0.6 is 0 Å². The van der Waals surface area contributed by atoms with E-state index in [0.29, 0.717) is 24.7 Å². The molecule has 2 saturated carbocycles. The lowest BCUT2D eigenvalue weighted by Crippen LogP contribution is -2.50. The molecule has 0 radical (unpaired) electrons. The fourth-order valence-corrected chi connectivity index (χ4v) is 7.69. The molecule has 0 amide bonds. The molecule has 5 atom stereocenters. The van der Waals surface area contributed by atoms with Crippen molar-refractivity contribution in [2.45, 2.75) is 63.4 Å². The highest BCUT2D eigenvalue weighted by Crippen LogP contribution is 2.64. The SMILES string of the molecule is C=CCC12CC[C@]3(C)CC(OS(N)(=O)=O)CC3C1CCc1cc(OS(N)(=O)=O)ccc12. The van der Waals surface area contributed by atoms with E-state index in [0.717, 1.165) is 37.7 Å². The van der Waals surface area contributed by atoms with Crippen LogP contribution in [0, 0.1) is 17.3 Å². The molecule has 4 rings (SSSR count). The molecule has 2 fully saturated rings.